The summed E-state index contributed by atoms with van der Waals surface area (Å²) in [7, 11) is 2.08. The number of aromatic nitrogens is 2. The summed E-state index contributed by atoms with van der Waals surface area (Å²) < 4.78 is 18.3. The Kier molecular flexibility index (Phi) is 5.13. The number of hydrogen-bond acceptors (Lipinski definition) is 4. The first kappa shape index (κ1) is 21.5. The van der Waals surface area contributed by atoms with E-state index in [0.29, 0.717) is 45.1 Å². The molecule has 170 valence electrons. The first-order valence-corrected chi connectivity index (χ1v) is 11.5. The molecule has 2 aromatic heterocycles. The number of nitriles is 1. The molecular formula is C26H28FN5O. The molecule has 0 radical (unpaired) electrons. The van der Waals surface area contributed by atoms with E-state index in [1.54, 1.807) is 18.2 Å². The minimum Gasteiger partial charge on any atom is -0.366 e. The van der Waals surface area contributed by atoms with Gasteiger partial charge in [-0.15, -0.1) is 0 Å². The van der Waals surface area contributed by atoms with Crippen LogP contribution in [0, 0.1) is 17.1 Å². The minimum atomic E-state index is -0.321. The van der Waals surface area contributed by atoms with Crippen molar-refractivity contribution < 1.29 is 4.39 Å². The molecule has 0 atom stereocenters. The molecule has 6 nitrogen and oxygen atoms in total. The van der Waals surface area contributed by atoms with Gasteiger partial charge in [-0.1, -0.05) is 13.0 Å². The van der Waals surface area contributed by atoms with Crippen molar-refractivity contribution in [2.24, 2.45) is 0 Å². The van der Waals surface area contributed by atoms with Gasteiger partial charge in [0, 0.05) is 48.5 Å². The van der Waals surface area contributed by atoms with Gasteiger partial charge in [0.25, 0.3) is 0 Å². The average Bonchev–Trinajstić information content (AvgIpc) is 3.18. The third-order valence-corrected chi connectivity index (χ3v) is 6.87. The number of fused-ring (bicyclic) bond motifs is 4. The van der Waals surface area contributed by atoms with Crippen molar-refractivity contribution in [1.82, 2.24) is 14.5 Å². The van der Waals surface area contributed by atoms with E-state index < -0.39 is 0 Å². The van der Waals surface area contributed by atoms with Crippen LogP contribution in [0.5, 0.6) is 0 Å². The molecular weight excluding hydrogens is 417 g/mol. The molecule has 1 aliphatic heterocycles. The number of benzene rings is 2. The summed E-state index contributed by atoms with van der Waals surface area (Å²) in [6, 6.07) is 9.23. The second kappa shape index (κ2) is 7.89. The van der Waals surface area contributed by atoms with E-state index >= 15 is 4.39 Å². The van der Waals surface area contributed by atoms with Crippen molar-refractivity contribution >= 4 is 38.5 Å². The highest BCUT2D eigenvalue weighted by molar-refractivity contribution is 6.10. The number of anilines is 1. The van der Waals surface area contributed by atoms with Crippen LogP contribution in [0.4, 0.5) is 10.1 Å². The van der Waals surface area contributed by atoms with Gasteiger partial charge in [-0.3, -0.25) is 4.79 Å². The number of nitrogens with zero attached hydrogens (tertiary/aromatic N) is 4. The summed E-state index contributed by atoms with van der Waals surface area (Å²) in [6.45, 7) is 9.26. The van der Waals surface area contributed by atoms with Gasteiger partial charge in [0.05, 0.1) is 28.2 Å². The van der Waals surface area contributed by atoms with Crippen LogP contribution in [-0.2, 0) is 6.42 Å². The maximum absolute atomic E-state index is 16.4. The standard InChI is InChI=1S/C26H28FN5O/c1-5-17-13-19-24(22(27)23(17)31-10-8-30(4)9-11-31)32(15(2)3)26-21(25(19)33)18-7-6-16(14-28)12-20(18)29-26/h6-7,12-13,15,29H,5,8-11H2,1-4H3. The summed E-state index contributed by atoms with van der Waals surface area (Å²) >= 11 is 0. The van der Waals surface area contributed by atoms with Crippen molar-refractivity contribution in [3.05, 3.63) is 51.4 Å². The highest BCUT2D eigenvalue weighted by Gasteiger charge is 2.27. The zero-order chi connectivity index (χ0) is 23.4. The lowest BCUT2D eigenvalue weighted by atomic mass is 10.0. The Bertz CT molecular complexity index is 1500. The zero-order valence-corrected chi connectivity index (χ0v) is 19.5. The summed E-state index contributed by atoms with van der Waals surface area (Å²) in [5.41, 5.74) is 3.48. The fourth-order valence-corrected chi connectivity index (χ4v) is 5.16. The highest BCUT2D eigenvalue weighted by atomic mass is 19.1. The minimum absolute atomic E-state index is 0.0820. The van der Waals surface area contributed by atoms with Crippen molar-refractivity contribution in [2.75, 3.05) is 38.1 Å². The van der Waals surface area contributed by atoms with E-state index in [2.05, 4.69) is 27.9 Å². The molecule has 1 aliphatic rings. The molecule has 33 heavy (non-hydrogen) atoms. The van der Waals surface area contributed by atoms with Crippen LogP contribution in [0.3, 0.4) is 0 Å². The lowest BCUT2D eigenvalue weighted by Gasteiger charge is -2.35. The van der Waals surface area contributed by atoms with E-state index in [0.717, 1.165) is 37.1 Å². The van der Waals surface area contributed by atoms with E-state index in [-0.39, 0.29) is 17.3 Å². The largest absolute Gasteiger partial charge is 0.366 e. The fourth-order valence-electron chi connectivity index (χ4n) is 5.16. The molecule has 5 rings (SSSR count). The molecule has 0 aliphatic carbocycles. The maximum Gasteiger partial charge on any atom is 0.199 e. The smallest absolute Gasteiger partial charge is 0.199 e. The van der Waals surface area contributed by atoms with Crippen molar-refractivity contribution in [3.63, 3.8) is 0 Å². The van der Waals surface area contributed by atoms with Gasteiger partial charge in [-0.05, 0) is 51.1 Å². The molecule has 1 fully saturated rings. The molecule has 0 saturated carbocycles. The molecule has 1 N–H and O–H groups in total. The number of nitrogens with one attached hydrogen (secondary N) is 1. The Morgan fingerprint density at radius 3 is 2.52 bits per heavy atom. The van der Waals surface area contributed by atoms with Crippen LogP contribution in [0.15, 0.2) is 29.1 Å². The molecule has 0 unspecified atom stereocenters. The number of halogens is 1. The summed E-state index contributed by atoms with van der Waals surface area (Å²) in [5.74, 6) is -0.321. The Hall–Kier alpha value is -3.37. The molecule has 0 bridgehead atoms. The Labute approximate surface area is 191 Å². The Morgan fingerprint density at radius 2 is 1.88 bits per heavy atom. The van der Waals surface area contributed by atoms with Crippen LogP contribution in [-0.4, -0.2) is 47.7 Å². The van der Waals surface area contributed by atoms with E-state index in [1.807, 2.05) is 31.4 Å². The zero-order valence-electron chi connectivity index (χ0n) is 19.5. The number of likely N-dealkylation sites (N-methyl/N-ethyl adjacent to an activating group) is 1. The first-order valence-electron chi connectivity index (χ1n) is 11.5. The quantitative estimate of drug-likeness (QED) is 0.503. The number of piperazine rings is 1. The summed E-state index contributed by atoms with van der Waals surface area (Å²) in [5, 5.41) is 11.0. The predicted molar refractivity (Wildman–Crippen MR) is 132 cm³/mol. The van der Waals surface area contributed by atoms with Crippen LogP contribution < -0.4 is 10.3 Å². The Balaban J connectivity index is 1.92. The number of rotatable bonds is 3. The van der Waals surface area contributed by atoms with Gasteiger partial charge < -0.3 is 19.4 Å². The highest BCUT2D eigenvalue weighted by Crippen LogP contribution is 2.36. The Morgan fingerprint density at radius 1 is 1.15 bits per heavy atom. The number of hydrogen-bond donors (Lipinski definition) is 1. The number of aryl methyl sites for hydroxylation is 1. The molecule has 3 heterocycles. The van der Waals surface area contributed by atoms with Crippen LogP contribution in [0.2, 0.25) is 0 Å². The molecule has 7 heteroatoms. The van der Waals surface area contributed by atoms with Crippen molar-refractivity contribution in [3.8, 4) is 6.07 Å². The van der Waals surface area contributed by atoms with Gasteiger partial charge in [-0.2, -0.15) is 5.26 Å². The lowest BCUT2D eigenvalue weighted by molar-refractivity contribution is 0.311. The molecule has 4 aromatic rings. The lowest BCUT2D eigenvalue weighted by Crippen LogP contribution is -2.45. The van der Waals surface area contributed by atoms with Crippen LogP contribution in [0.25, 0.3) is 32.8 Å². The van der Waals surface area contributed by atoms with Gasteiger partial charge in [0.2, 0.25) is 0 Å². The second-order valence-electron chi connectivity index (χ2n) is 9.25. The van der Waals surface area contributed by atoms with Crippen LogP contribution in [0.1, 0.15) is 37.9 Å². The third-order valence-electron chi connectivity index (χ3n) is 6.87. The second-order valence-corrected chi connectivity index (χ2v) is 9.25. The van der Waals surface area contributed by atoms with E-state index in [9.17, 15) is 10.1 Å². The molecule has 1 saturated heterocycles. The van der Waals surface area contributed by atoms with Gasteiger partial charge >= 0.3 is 0 Å². The van der Waals surface area contributed by atoms with Crippen molar-refractivity contribution in [1.29, 1.82) is 5.26 Å². The fraction of sp³-hybridized carbons (Fsp3) is 0.385. The van der Waals surface area contributed by atoms with Crippen LogP contribution >= 0.6 is 0 Å². The first-order chi connectivity index (χ1) is 15.8. The molecule has 0 amide bonds. The molecule has 2 aromatic carbocycles. The van der Waals surface area contributed by atoms with Gasteiger partial charge in [0.1, 0.15) is 5.65 Å². The number of H-pyrrole nitrogens is 1. The van der Waals surface area contributed by atoms with Gasteiger partial charge in [0.15, 0.2) is 11.2 Å². The number of aromatic amines is 1. The van der Waals surface area contributed by atoms with E-state index in [1.165, 1.54) is 0 Å². The topological polar surface area (TPSA) is 68.1 Å². The van der Waals surface area contributed by atoms with Gasteiger partial charge in [-0.25, -0.2) is 4.39 Å². The summed E-state index contributed by atoms with van der Waals surface area (Å²) in [4.78, 5) is 21.4. The molecule has 0 spiro atoms. The normalized spacial score (nSPS) is 15.2. The van der Waals surface area contributed by atoms with E-state index in [4.69, 9.17) is 0 Å². The average molecular weight is 446 g/mol. The number of pyridine rings is 1. The van der Waals surface area contributed by atoms with Crippen molar-refractivity contribution in [2.45, 2.75) is 33.2 Å². The SMILES string of the molecule is CCc1cc2c(=O)c3c4ccc(C#N)cc4[nH]c3n(C(C)C)c2c(F)c1N1CCN(C)CC1. The third kappa shape index (κ3) is 3.20. The monoisotopic (exact) mass is 445 g/mol. The summed E-state index contributed by atoms with van der Waals surface area (Å²) in [6.07, 6.45) is 0.646. The maximum atomic E-state index is 16.4. The predicted octanol–water partition coefficient (Wildman–Crippen LogP) is 4.54.